The zero-order valence-corrected chi connectivity index (χ0v) is 11.7. The molecular weight excluding hydrogens is 238 g/mol. The average molecular weight is 257 g/mol. The van der Waals surface area contributed by atoms with Gasteiger partial charge in [0.2, 0.25) is 0 Å². The number of nitrogens with one attached hydrogen (secondary N) is 2. The first-order chi connectivity index (χ1) is 8.92. The number of rotatable bonds is 2. The average Bonchev–Trinajstić information content (AvgIpc) is 2.35. The molecule has 0 saturated heterocycles. The van der Waals surface area contributed by atoms with Crippen LogP contribution in [0.15, 0.2) is 30.5 Å². The lowest BCUT2D eigenvalue weighted by Crippen LogP contribution is -2.40. The smallest absolute Gasteiger partial charge is 0.253 e. The molecule has 0 atom stereocenters. The van der Waals surface area contributed by atoms with E-state index in [1.54, 1.807) is 6.20 Å². The summed E-state index contributed by atoms with van der Waals surface area (Å²) in [5.74, 6) is 0.682. The topological polar surface area (TPSA) is 54.0 Å². The monoisotopic (exact) mass is 257 g/mol. The van der Waals surface area contributed by atoms with Gasteiger partial charge in [-0.3, -0.25) is 4.79 Å². The quantitative estimate of drug-likeness (QED) is 0.869. The molecule has 0 unspecified atom stereocenters. The van der Waals surface area contributed by atoms with Crippen molar-refractivity contribution in [1.29, 1.82) is 0 Å². The molecule has 0 fully saturated rings. The van der Waals surface area contributed by atoms with Crippen LogP contribution >= 0.6 is 0 Å². The second-order valence-corrected chi connectivity index (χ2v) is 5.52. The van der Waals surface area contributed by atoms with Crippen molar-refractivity contribution in [1.82, 2.24) is 10.3 Å². The van der Waals surface area contributed by atoms with E-state index in [1.807, 2.05) is 52.1 Å². The summed E-state index contributed by atoms with van der Waals surface area (Å²) >= 11 is 0. The van der Waals surface area contributed by atoms with Crippen LogP contribution < -0.4 is 10.6 Å². The van der Waals surface area contributed by atoms with E-state index >= 15 is 0 Å². The summed E-state index contributed by atoms with van der Waals surface area (Å²) in [6, 6.07) is 7.77. The van der Waals surface area contributed by atoms with Gasteiger partial charge in [0.25, 0.3) is 5.91 Å². The Labute approximate surface area is 113 Å². The molecule has 19 heavy (non-hydrogen) atoms. The molecule has 100 valence electrons. The van der Waals surface area contributed by atoms with Crippen LogP contribution in [0.4, 0.5) is 5.82 Å². The van der Waals surface area contributed by atoms with E-state index in [1.165, 1.54) is 0 Å². The van der Waals surface area contributed by atoms with Crippen molar-refractivity contribution in [2.24, 2.45) is 0 Å². The van der Waals surface area contributed by atoms with Gasteiger partial charge < -0.3 is 10.6 Å². The third kappa shape index (κ3) is 2.84. The summed E-state index contributed by atoms with van der Waals surface area (Å²) < 4.78 is 0. The van der Waals surface area contributed by atoms with Crippen LogP contribution in [-0.2, 0) is 0 Å². The second-order valence-electron chi connectivity index (χ2n) is 5.52. The van der Waals surface area contributed by atoms with Crippen molar-refractivity contribution >= 4 is 22.5 Å². The molecule has 1 amide bonds. The zero-order valence-electron chi connectivity index (χ0n) is 11.7. The van der Waals surface area contributed by atoms with Crippen LogP contribution in [-0.4, -0.2) is 23.5 Å². The summed E-state index contributed by atoms with van der Waals surface area (Å²) in [5, 5.41) is 7.86. The first-order valence-corrected chi connectivity index (χ1v) is 6.30. The van der Waals surface area contributed by atoms with Gasteiger partial charge in [-0.2, -0.15) is 0 Å². The van der Waals surface area contributed by atoms with Crippen molar-refractivity contribution in [3.8, 4) is 0 Å². The number of carbonyl (C=O) groups excluding carboxylic acids is 1. The molecule has 1 aromatic heterocycles. The predicted octanol–water partition coefficient (Wildman–Crippen LogP) is 2.80. The van der Waals surface area contributed by atoms with Crippen molar-refractivity contribution in [3.05, 3.63) is 36.0 Å². The van der Waals surface area contributed by atoms with E-state index in [0.717, 1.165) is 16.6 Å². The molecule has 2 aromatic rings. The maximum Gasteiger partial charge on any atom is 0.253 e. The molecule has 2 N–H and O–H groups in total. The Morgan fingerprint density at radius 3 is 2.37 bits per heavy atom. The summed E-state index contributed by atoms with van der Waals surface area (Å²) in [6.07, 6.45) is 1.62. The molecule has 1 aromatic carbocycles. The van der Waals surface area contributed by atoms with Gasteiger partial charge in [-0.05, 0) is 26.2 Å². The van der Waals surface area contributed by atoms with E-state index in [2.05, 4.69) is 15.6 Å². The Balaban J connectivity index is 2.53. The van der Waals surface area contributed by atoms with E-state index in [0.29, 0.717) is 5.56 Å². The zero-order chi connectivity index (χ0) is 14.0. The number of benzene rings is 1. The number of carbonyl (C=O) groups is 1. The Kier molecular flexibility index (Phi) is 3.42. The fraction of sp³-hybridized carbons (Fsp3) is 0.333. The van der Waals surface area contributed by atoms with Gasteiger partial charge in [0.1, 0.15) is 5.82 Å². The van der Waals surface area contributed by atoms with Gasteiger partial charge in [0, 0.05) is 24.2 Å². The van der Waals surface area contributed by atoms with Gasteiger partial charge in [-0.15, -0.1) is 0 Å². The minimum atomic E-state index is -0.264. The maximum absolute atomic E-state index is 12.3. The normalized spacial score (nSPS) is 11.4. The molecule has 0 aliphatic carbocycles. The number of aromatic nitrogens is 1. The largest absolute Gasteiger partial charge is 0.373 e. The SMILES string of the molecule is CNc1ncc(C(=O)NC(C)(C)C)c2ccccc12. The van der Waals surface area contributed by atoms with Gasteiger partial charge in [-0.1, -0.05) is 24.3 Å². The minimum absolute atomic E-state index is 0.0983. The summed E-state index contributed by atoms with van der Waals surface area (Å²) in [4.78, 5) is 16.6. The molecule has 4 nitrogen and oxygen atoms in total. The fourth-order valence-electron chi connectivity index (χ4n) is 1.98. The Bertz CT molecular complexity index is 614. The summed E-state index contributed by atoms with van der Waals surface area (Å²) in [7, 11) is 1.82. The number of fused-ring (bicyclic) bond motifs is 1. The summed E-state index contributed by atoms with van der Waals surface area (Å²) in [6.45, 7) is 5.88. The number of hydrogen-bond donors (Lipinski definition) is 2. The third-order valence-electron chi connectivity index (χ3n) is 2.77. The molecule has 2 rings (SSSR count). The van der Waals surface area contributed by atoms with Crippen LogP contribution in [0.5, 0.6) is 0 Å². The highest BCUT2D eigenvalue weighted by Gasteiger charge is 2.18. The molecule has 0 aliphatic rings. The van der Waals surface area contributed by atoms with Gasteiger partial charge in [-0.25, -0.2) is 4.98 Å². The molecule has 0 radical (unpaired) electrons. The van der Waals surface area contributed by atoms with E-state index in [-0.39, 0.29) is 11.4 Å². The molecule has 1 heterocycles. The standard InChI is InChI=1S/C15H19N3O/c1-15(2,3)18-14(19)12-9-17-13(16-4)11-8-6-5-7-10(11)12/h5-9H,1-4H3,(H,16,17)(H,18,19). The van der Waals surface area contributed by atoms with Gasteiger partial charge in [0.15, 0.2) is 0 Å². The predicted molar refractivity (Wildman–Crippen MR) is 78.5 cm³/mol. The first kappa shape index (κ1) is 13.3. The highest BCUT2D eigenvalue weighted by atomic mass is 16.1. The molecule has 0 spiro atoms. The number of anilines is 1. The lowest BCUT2D eigenvalue weighted by molar-refractivity contribution is 0.0921. The highest BCUT2D eigenvalue weighted by Crippen LogP contribution is 2.24. The molecule has 0 saturated carbocycles. The van der Waals surface area contributed by atoms with Crippen molar-refractivity contribution in [2.75, 3.05) is 12.4 Å². The van der Waals surface area contributed by atoms with Gasteiger partial charge >= 0.3 is 0 Å². The molecule has 4 heteroatoms. The number of hydrogen-bond acceptors (Lipinski definition) is 3. The lowest BCUT2D eigenvalue weighted by atomic mass is 10.0. The second kappa shape index (κ2) is 4.88. The van der Waals surface area contributed by atoms with Crippen LogP contribution in [0, 0.1) is 0 Å². The van der Waals surface area contributed by atoms with Crippen molar-refractivity contribution < 1.29 is 4.79 Å². The Hall–Kier alpha value is -2.10. The maximum atomic E-state index is 12.3. The third-order valence-corrected chi connectivity index (χ3v) is 2.77. The van der Waals surface area contributed by atoms with Crippen LogP contribution in [0.1, 0.15) is 31.1 Å². The number of amides is 1. The number of pyridine rings is 1. The van der Waals surface area contributed by atoms with Crippen molar-refractivity contribution in [2.45, 2.75) is 26.3 Å². The lowest BCUT2D eigenvalue weighted by Gasteiger charge is -2.21. The van der Waals surface area contributed by atoms with E-state index < -0.39 is 0 Å². The molecular formula is C15H19N3O. The number of nitrogens with zero attached hydrogens (tertiary/aromatic N) is 1. The highest BCUT2D eigenvalue weighted by molar-refractivity contribution is 6.09. The molecule has 0 aliphatic heterocycles. The van der Waals surface area contributed by atoms with E-state index in [9.17, 15) is 4.79 Å². The van der Waals surface area contributed by atoms with E-state index in [4.69, 9.17) is 0 Å². The van der Waals surface area contributed by atoms with Crippen LogP contribution in [0.2, 0.25) is 0 Å². The molecule has 0 bridgehead atoms. The van der Waals surface area contributed by atoms with Crippen LogP contribution in [0.25, 0.3) is 10.8 Å². The van der Waals surface area contributed by atoms with Crippen LogP contribution in [0.3, 0.4) is 0 Å². The fourth-order valence-corrected chi connectivity index (χ4v) is 1.98. The van der Waals surface area contributed by atoms with Crippen molar-refractivity contribution in [3.63, 3.8) is 0 Å². The summed E-state index contributed by atoms with van der Waals surface area (Å²) in [5.41, 5.74) is 0.337. The minimum Gasteiger partial charge on any atom is -0.373 e. The Morgan fingerprint density at radius 2 is 1.79 bits per heavy atom. The van der Waals surface area contributed by atoms with Gasteiger partial charge in [0.05, 0.1) is 5.56 Å². The first-order valence-electron chi connectivity index (χ1n) is 6.30. The Morgan fingerprint density at radius 1 is 1.16 bits per heavy atom.